The molecule has 18 heavy (non-hydrogen) atoms. The first-order valence-corrected chi connectivity index (χ1v) is 6.88. The minimum absolute atomic E-state index is 0.105. The molecular weight excluding hydrogens is 224 g/mol. The first-order valence-electron chi connectivity index (χ1n) is 6.88. The van der Waals surface area contributed by atoms with Gasteiger partial charge >= 0.3 is 0 Å². The van der Waals surface area contributed by atoms with Gasteiger partial charge in [0.1, 0.15) is 0 Å². The molecule has 1 aromatic carbocycles. The normalized spacial score (nSPS) is 33.6. The van der Waals surface area contributed by atoms with Gasteiger partial charge in [0.2, 0.25) is 0 Å². The second-order valence-electron chi connectivity index (χ2n) is 5.75. The SMILES string of the molecule is CN1CCC(O)[C@@H]2CN(Cc3ccccc3)C[C@@H]21. The van der Waals surface area contributed by atoms with Crippen molar-refractivity contribution in [1.29, 1.82) is 0 Å². The third-order valence-corrected chi connectivity index (χ3v) is 4.50. The van der Waals surface area contributed by atoms with Crippen molar-refractivity contribution in [3.8, 4) is 0 Å². The molecule has 3 heteroatoms. The van der Waals surface area contributed by atoms with Crippen LogP contribution < -0.4 is 0 Å². The number of likely N-dealkylation sites (N-methyl/N-ethyl adjacent to an activating group) is 1. The van der Waals surface area contributed by atoms with Gasteiger partial charge in [0.15, 0.2) is 0 Å². The van der Waals surface area contributed by atoms with E-state index in [0.29, 0.717) is 12.0 Å². The summed E-state index contributed by atoms with van der Waals surface area (Å²) in [5.41, 5.74) is 1.37. The number of hydrogen-bond acceptors (Lipinski definition) is 3. The van der Waals surface area contributed by atoms with Crippen molar-refractivity contribution in [3.63, 3.8) is 0 Å². The van der Waals surface area contributed by atoms with Crippen LogP contribution in [0.25, 0.3) is 0 Å². The van der Waals surface area contributed by atoms with Crippen molar-refractivity contribution >= 4 is 0 Å². The molecule has 2 saturated heterocycles. The summed E-state index contributed by atoms with van der Waals surface area (Å²) in [6.45, 7) is 4.16. The molecule has 1 aromatic rings. The number of aliphatic hydroxyl groups is 1. The minimum atomic E-state index is -0.105. The number of fused-ring (bicyclic) bond motifs is 1. The third kappa shape index (κ3) is 2.30. The fraction of sp³-hybridized carbons (Fsp3) is 0.600. The van der Waals surface area contributed by atoms with Crippen molar-refractivity contribution in [1.82, 2.24) is 9.80 Å². The lowest BCUT2D eigenvalue weighted by molar-refractivity contribution is 0.0181. The molecule has 0 radical (unpaired) electrons. The maximum atomic E-state index is 10.1. The molecule has 0 amide bonds. The van der Waals surface area contributed by atoms with Crippen LogP contribution in [0, 0.1) is 5.92 Å². The predicted octanol–water partition coefficient (Wildman–Crippen LogP) is 1.18. The van der Waals surface area contributed by atoms with Gasteiger partial charge < -0.3 is 10.0 Å². The Kier molecular flexibility index (Phi) is 3.37. The van der Waals surface area contributed by atoms with Crippen molar-refractivity contribution < 1.29 is 5.11 Å². The standard InChI is InChI=1S/C15H22N2O/c1-16-8-7-15(18)13-10-17(11-14(13)16)9-12-5-3-2-4-6-12/h2-6,13-15,18H,7-11H2,1H3/t13-,14+,15?/m1/s1. The summed E-state index contributed by atoms with van der Waals surface area (Å²) in [7, 11) is 2.19. The molecule has 3 nitrogen and oxygen atoms in total. The Morgan fingerprint density at radius 2 is 2.00 bits per heavy atom. The van der Waals surface area contributed by atoms with Gasteiger partial charge in [-0.2, -0.15) is 0 Å². The van der Waals surface area contributed by atoms with Gasteiger partial charge in [0, 0.05) is 38.1 Å². The fourth-order valence-corrected chi connectivity index (χ4v) is 3.43. The Morgan fingerprint density at radius 3 is 2.72 bits per heavy atom. The number of likely N-dealkylation sites (tertiary alicyclic amines) is 2. The van der Waals surface area contributed by atoms with Crippen molar-refractivity contribution in [2.45, 2.75) is 25.1 Å². The molecule has 0 aliphatic carbocycles. The summed E-state index contributed by atoms with van der Waals surface area (Å²) in [6.07, 6.45) is 0.823. The fourth-order valence-electron chi connectivity index (χ4n) is 3.43. The average molecular weight is 246 g/mol. The maximum absolute atomic E-state index is 10.1. The van der Waals surface area contributed by atoms with E-state index < -0.39 is 0 Å². The van der Waals surface area contributed by atoms with Gasteiger partial charge in [-0.25, -0.2) is 0 Å². The van der Waals surface area contributed by atoms with Crippen LogP contribution in [0.2, 0.25) is 0 Å². The second kappa shape index (κ2) is 5.00. The summed E-state index contributed by atoms with van der Waals surface area (Å²) in [5.74, 6) is 0.437. The van der Waals surface area contributed by atoms with Crippen LogP contribution in [0.5, 0.6) is 0 Å². The molecule has 1 N–H and O–H groups in total. The zero-order valence-electron chi connectivity index (χ0n) is 11.0. The Morgan fingerprint density at radius 1 is 1.22 bits per heavy atom. The lowest BCUT2D eigenvalue weighted by Crippen LogP contribution is -2.48. The highest BCUT2D eigenvalue weighted by Crippen LogP contribution is 2.30. The third-order valence-electron chi connectivity index (χ3n) is 4.50. The van der Waals surface area contributed by atoms with Crippen LogP contribution in [-0.4, -0.2) is 53.7 Å². The van der Waals surface area contributed by atoms with Crippen LogP contribution in [0.3, 0.4) is 0 Å². The number of benzene rings is 1. The van der Waals surface area contributed by atoms with Crippen LogP contribution in [-0.2, 0) is 6.54 Å². The van der Waals surface area contributed by atoms with Crippen LogP contribution in [0.1, 0.15) is 12.0 Å². The quantitative estimate of drug-likeness (QED) is 0.849. The van der Waals surface area contributed by atoms with Gasteiger partial charge in [-0.05, 0) is 19.0 Å². The zero-order chi connectivity index (χ0) is 12.5. The number of aliphatic hydroxyl groups excluding tert-OH is 1. The van der Waals surface area contributed by atoms with Crippen molar-refractivity contribution in [3.05, 3.63) is 35.9 Å². The van der Waals surface area contributed by atoms with Gasteiger partial charge in [-0.1, -0.05) is 30.3 Å². The van der Waals surface area contributed by atoms with Crippen molar-refractivity contribution in [2.24, 2.45) is 5.92 Å². The second-order valence-corrected chi connectivity index (χ2v) is 5.75. The van der Waals surface area contributed by atoms with Gasteiger partial charge in [0.25, 0.3) is 0 Å². The number of hydrogen-bond donors (Lipinski definition) is 1. The predicted molar refractivity (Wildman–Crippen MR) is 72.3 cm³/mol. The first kappa shape index (κ1) is 12.2. The molecule has 0 bridgehead atoms. The largest absolute Gasteiger partial charge is 0.393 e. The Balaban J connectivity index is 1.67. The molecular formula is C15H22N2O. The summed E-state index contributed by atoms with van der Waals surface area (Å²) in [5, 5.41) is 10.1. The summed E-state index contributed by atoms with van der Waals surface area (Å²) >= 11 is 0. The lowest BCUT2D eigenvalue weighted by atomic mass is 9.90. The molecule has 2 heterocycles. The molecule has 98 valence electrons. The highest BCUT2D eigenvalue weighted by atomic mass is 16.3. The molecule has 0 saturated carbocycles. The van der Waals surface area contributed by atoms with E-state index in [1.807, 2.05) is 0 Å². The van der Waals surface area contributed by atoms with Crippen LogP contribution >= 0.6 is 0 Å². The van der Waals surface area contributed by atoms with E-state index in [0.717, 1.165) is 32.6 Å². The average Bonchev–Trinajstić information content (AvgIpc) is 2.80. The highest BCUT2D eigenvalue weighted by Gasteiger charge is 2.41. The van der Waals surface area contributed by atoms with E-state index >= 15 is 0 Å². The molecule has 3 rings (SSSR count). The first-order chi connectivity index (χ1) is 8.74. The number of nitrogens with zero attached hydrogens (tertiary/aromatic N) is 2. The molecule has 0 spiro atoms. The van der Waals surface area contributed by atoms with E-state index in [1.54, 1.807) is 0 Å². The monoisotopic (exact) mass is 246 g/mol. The highest BCUT2D eigenvalue weighted by molar-refractivity contribution is 5.15. The smallest absolute Gasteiger partial charge is 0.0608 e. The Labute approximate surface area is 109 Å². The molecule has 1 unspecified atom stereocenters. The van der Waals surface area contributed by atoms with E-state index in [-0.39, 0.29) is 6.10 Å². The van der Waals surface area contributed by atoms with E-state index in [4.69, 9.17) is 0 Å². The van der Waals surface area contributed by atoms with Gasteiger partial charge in [0.05, 0.1) is 6.10 Å². The Hall–Kier alpha value is -0.900. The van der Waals surface area contributed by atoms with Gasteiger partial charge in [-0.15, -0.1) is 0 Å². The maximum Gasteiger partial charge on any atom is 0.0608 e. The van der Waals surface area contributed by atoms with E-state index in [1.165, 1.54) is 5.56 Å². The van der Waals surface area contributed by atoms with E-state index in [2.05, 4.69) is 47.2 Å². The molecule has 3 atom stereocenters. The summed E-state index contributed by atoms with van der Waals surface area (Å²) in [6, 6.07) is 11.2. The minimum Gasteiger partial charge on any atom is -0.393 e. The summed E-state index contributed by atoms with van der Waals surface area (Å²) < 4.78 is 0. The molecule has 2 fully saturated rings. The van der Waals surface area contributed by atoms with Crippen molar-refractivity contribution in [2.75, 3.05) is 26.7 Å². The van der Waals surface area contributed by atoms with Crippen LogP contribution in [0.4, 0.5) is 0 Å². The zero-order valence-corrected chi connectivity index (χ0v) is 11.0. The van der Waals surface area contributed by atoms with E-state index in [9.17, 15) is 5.11 Å². The molecule has 2 aliphatic heterocycles. The number of piperidine rings is 1. The van der Waals surface area contributed by atoms with Crippen LogP contribution in [0.15, 0.2) is 30.3 Å². The number of rotatable bonds is 2. The topological polar surface area (TPSA) is 26.7 Å². The molecule has 2 aliphatic rings. The summed E-state index contributed by atoms with van der Waals surface area (Å²) in [4.78, 5) is 4.90. The Bertz CT molecular complexity index is 377. The molecule has 0 aromatic heterocycles. The lowest BCUT2D eigenvalue weighted by Gasteiger charge is -2.37. The van der Waals surface area contributed by atoms with Gasteiger partial charge in [-0.3, -0.25) is 4.90 Å².